The molecule has 138 valence electrons. The smallest absolute Gasteiger partial charge is 0.267 e. The number of piperidine rings is 1. The topological polar surface area (TPSA) is 88.3 Å². The average molecular weight is 356 g/mol. The highest BCUT2D eigenvalue weighted by molar-refractivity contribution is 5.77. The minimum Gasteiger partial charge on any atom is -0.419 e. The van der Waals surface area contributed by atoms with Gasteiger partial charge in [0, 0.05) is 37.9 Å². The summed E-state index contributed by atoms with van der Waals surface area (Å²) in [5.74, 6) is 1.29. The van der Waals surface area contributed by atoms with Crippen molar-refractivity contribution in [2.75, 3.05) is 26.7 Å². The Labute approximate surface area is 152 Å². The summed E-state index contributed by atoms with van der Waals surface area (Å²) in [5, 5.41) is 8.24. The molecule has 8 heteroatoms. The molecule has 0 N–H and O–H groups in total. The number of carbonyl (C=O) groups excluding carboxylic acids is 1. The minimum absolute atomic E-state index is 0.0981. The predicted octanol–water partition coefficient (Wildman–Crippen LogP) is 1.72. The maximum atomic E-state index is 12.7. The van der Waals surface area contributed by atoms with Crippen LogP contribution in [-0.2, 0) is 4.79 Å². The second-order valence-corrected chi connectivity index (χ2v) is 7.20. The van der Waals surface area contributed by atoms with E-state index in [2.05, 4.69) is 32.1 Å². The van der Waals surface area contributed by atoms with Crippen molar-refractivity contribution in [3.8, 4) is 11.6 Å². The predicted molar refractivity (Wildman–Crippen MR) is 94.1 cm³/mol. The fourth-order valence-electron chi connectivity index (χ4n) is 3.83. The van der Waals surface area contributed by atoms with Crippen LogP contribution in [-0.4, -0.2) is 68.6 Å². The van der Waals surface area contributed by atoms with Gasteiger partial charge in [-0.1, -0.05) is 6.42 Å². The van der Waals surface area contributed by atoms with Crippen LogP contribution < -0.4 is 0 Å². The van der Waals surface area contributed by atoms with Gasteiger partial charge in [0.2, 0.25) is 11.8 Å². The third-order valence-electron chi connectivity index (χ3n) is 5.44. The largest absolute Gasteiger partial charge is 0.419 e. The van der Waals surface area contributed by atoms with E-state index in [1.165, 1.54) is 12.8 Å². The van der Waals surface area contributed by atoms with Crippen LogP contribution in [0, 0.1) is 0 Å². The van der Waals surface area contributed by atoms with E-state index in [-0.39, 0.29) is 11.8 Å². The number of aromatic nitrogens is 4. The van der Waals surface area contributed by atoms with Gasteiger partial charge in [0.25, 0.3) is 5.89 Å². The van der Waals surface area contributed by atoms with Gasteiger partial charge >= 0.3 is 0 Å². The van der Waals surface area contributed by atoms with Gasteiger partial charge in [-0.15, -0.1) is 10.2 Å². The normalized spacial score (nSPS) is 24.1. The van der Waals surface area contributed by atoms with Gasteiger partial charge < -0.3 is 14.2 Å². The zero-order valence-electron chi connectivity index (χ0n) is 15.0. The van der Waals surface area contributed by atoms with Crippen molar-refractivity contribution in [2.24, 2.45) is 0 Å². The molecule has 4 rings (SSSR count). The van der Waals surface area contributed by atoms with E-state index < -0.39 is 0 Å². The van der Waals surface area contributed by atoms with E-state index in [9.17, 15) is 4.79 Å². The van der Waals surface area contributed by atoms with E-state index in [0.717, 1.165) is 25.9 Å². The number of nitrogens with zero attached hydrogens (tertiary/aromatic N) is 6. The molecule has 2 aliphatic rings. The highest BCUT2D eigenvalue weighted by Gasteiger charge is 2.32. The second kappa shape index (κ2) is 7.49. The summed E-state index contributed by atoms with van der Waals surface area (Å²) in [6.07, 6.45) is 9.83. The number of likely N-dealkylation sites (tertiary alicyclic amines) is 2. The Balaban J connectivity index is 1.36. The molecule has 2 fully saturated rings. The third kappa shape index (κ3) is 3.60. The highest BCUT2D eigenvalue weighted by Crippen LogP contribution is 2.29. The Morgan fingerprint density at radius 1 is 1.23 bits per heavy atom. The summed E-state index contributed by atoms with van der Waals surface area (Å²) < 4.78 is 5.78. The zero-order chi connectivity index (χ0) is 17.9. The average Bonchev–Trinajstić information content (AvgIpc) is 3.34. The van der Waals surface area contributed by atoms with Gasteiger partial charge in [-0.3, -0.25) is 9.78 Å². The summed E-state index contributed by atoms with van der Waals surface area (Å²) in [6.45, 7) is 2.49. The molecule has 0 aliphatic carbocycles. The number of hydrogen-bond acceptors (Lipinski definition) is 7. The van der Waals surface area contributed by atoms with Crippen molar-refractivity contribution >= 4 is 5.91 Å². The zero-order valence-corrected chi connectivity index (χ0v) is 15.0. The number of amides is 1. The van der Waals surface area contributed by atoms with Crippen molar-refractivity contribution in [3.63, 3.8) is 0 Å². The maximum Gasteiger partial charge on any atom is 0.267 e. The SMILES string of the molecule is CN1CCCCC1CC(=O)N1CCC(c2nnc(-c3cnccn3)o2)C1. The molecule has 2 aromatic heterocycles. The molecule has 0 radical (unpaired) electrons. The Morgan fingerprint density at radius 3 is 2.96 bits per heavy atom. The molecule has 26 heavy (non-hydrogen) atoms. The van der Waals surface area contributed by atoms with Crippen LogP contribution >= 0.6 is 0 Å². The third-order valence-corrected chi connectivity index (χ3v) is 5.44. The van der Waals surface area contributed by atoms with Crippen LogP contribution in [0.2, 0.25) is 0 Å². The first-order valence-corrected chi connectivity index (χ1v) is 9.28. The molecular weight excluding hydrogens is 332 g/mol. The number of carbonyl (C=O) groups is 1. The van der Waals surface area contributed by atoms with Crippen molar-refractivity contribution in [3.05, 3.63) is 24.5 Å². The van der Waals surface area contributed by atoms with E-state index in [1.807, 2.05) is 4.90 Å². The molecule has 2 aromatic rings. The van der Waals surface area contributed by atoms with Crippen LogP contribution in [0.5, 0.6) is 0 Å². The van der Waals surface area contributed by atoms with Gasteiger partial charge in [-0.05, 0) is 32.9 Å². The minimum atomic E-state index is 0.0981. The Morgan fingerprint density at radius 2 is 2.15 bits per heavy atom. The standard InChI is InChI=1S/C18H24N6O2/c1-23-8-3-2-4-14(23)10-16(25)24-9-5-13(12-24)17-21-22-18(26-17)15-11-19-6-7-20-15/h6-7,11,13-14H,2-5,8-10,12H2,1H3. The molecule has 4 heterocycles. The molecular formula is C18H24N6O2. The van der Waals surface area contributed by atoms with Crippen LogP contribution in [0.25, 0.3) is 11.6 Å². The Kier molecular flexibility index (Phi) is 4.92. The Hall–Kier alpha value is -2.35. The van der Waals surface area contributed by atoms with Crippen LogP contribution in [0.15, 0.2) is 23.0 Å². The van der Waals surface area contributed by atoms with Crippen molar-refractivity contribution < 1.29 is 9.21 Å². The summed E-state index contributed by atoms with van der Waals surface area (Å²) in [7, 11) is 2.12. The molecule has 2 saturated heterocycles. The molecule has 0 aromatic carbocycles. The lowest BCUT2D eigenvalue weighted by molar-refractivity contribution is -0.131. The van der Waals surface area contributed by atoms with Crippen LogP contribution in [0.3, 0.4) is 0 Å². The lowest BCUT2D eigenvalue weighted by atomic mass is 9.99. The highest BCUT2D eigenvalue weighted by atomic mass is 16.4. The van der Waals surface area contributed by atoms with Gasteiger partial charge in [0.05, 0.1) is 12.1 Å². The summed E-state index contributed by atoms with van der Waals surface area (Å²) in [5.41, 5.74) is 0.567. The van der Waals surface area contributed by atoms with Gasteiger partial charge in [-0.2, -0.15) is 0 Å². The van der Waals surface area contributed by atoms with Crippen molar-refractivity contribution in [2.45, 2.75) is 44.1 Å². The fourth-order valence-corrected chi connectivity index (χ4v) is 3.83. The van der Waals surface area contributed by atoms with E-state index in [1.54, 1.807) is 18.6 Å². The van der Waals surface area contributed by atoms with Gasteiger partial charge in [0.15, 0.2) is 0 Å². The molecule has 0 spiro atoms. The van der Waals surface area contributed by atoms with E-state index in [0.29, 0.717) is 36.5 Å². The molecule has 2 atom stereocenters. The van der Waals surface area contributed by atoms with E-state index in [4.69, 9.17) is 4.42 Å². The molecule has 1 amide bonds. The lowest BCUT2D eigenvalue weighted by Crippen LogP contribution is -2.41. The number of rotatable bonds is 4. The van der Waals surface area contributed by atoms with Crippen molar-refractivity contribution in [1.29, 1.82) is 0 Å². The molecule has 2 unspecified atom stereocenters. The summed E-state index contributed by atoms with van der Waals surface area (Å²) in [6, 6.07) is 0.377. The van der Waals surface area contributed by atoms with Crippen LogP contribution in [0.1, 0.15) is 43.9 Å². The van der Waals surface area contributed by atoms with Gasteiger partial charge in [0.1, 0.15) is 5.69 Å². The lowest BCUT2D eigenvalue weighted by Gasteiger charge is -2.33. The fraction of sp³-hybridized carbons (Fsp3) is 0.611. The van der Waals surface area contributed by atoms with Crippen molar-refractivity contribution in [1.82, 2.24) is 30.0 Å². The first kappa shape index (κ1) is 17.1. The Bertz CT molecular complexity index is 749. The first-order chi connectivity index (χ1) is 12.7. The quantitative estimate of drug-likeness (QED) is 0.824. The van der Waals surface area contributed by atoms with E-state index >= 15 is 0 Å². The monoisotopic (exact) mass is 356 g/mol. The number of hydrogen-bond donors (Lipinski definition) is 0. The van der Waals surface area contributed by atoms with Gasteiger partial charge in [-0.25, -0.2) is 4.98 Å². The maximum absolute atomic E-state index is 12.7. The summed E-state index contributed by atoms with van der Waals surface area (Å²) in [4.78, 5) is 25.1. The molecule has 0 bridgehead atoms. The molecule has 0 saturated carbocycles. The summed E-state index contributed by atoms with van der Waals surface area (Å²) >= 11 is 0. The molecule has 8 nitrogen and oxygen atoms in total. The molecule has 2 aliphatic heterocycles. The van der Waals surface area contributed by atoms with Crippen LogP contribution in [0.4, 0.5) is 0 Å². The first-order valence-electron chi connectivity index (χ1n) is 9.28. The second-order valence-electron chi connectivity index (χ2n) is 7.20.